The normalized spacial score (nSPS) is 16.9. The average Bonchev–Trinajstić information content (AvgIpc) is 2.11. The van der Waals surface area contributed by atoms with Crippen molar-refractivity contribution in [3.8, 4) is 0 Å². The van der Waals surface area contributed by atoms with Crippen LogP contribution >= 0.6 is 0 Å². The first-order valence-corrected chi connectivity index (χ1v) is 4.98. The summed E-state index contributed by atoms with van der Waals surface area (Å²) >= 11 is 0. The minimum Gasteiger partial charge on any atom is -0.480 e. The maximum atomic E-state index is 11.5. The van der Waals surface area contributed by atoms with Crippen LogP contribution in [-0.4, -0.2) is 34.2 Å². The first kappa shape index (κ1) is 13.9. The van der Waals surface area contributed by atoms with E-state index in [-0.39, 0.29) is 17.7 Å². The number of hydrogen-bond acceptors (Lipinski definition) is 3. The van der Waals surface area contributed by atoms with Crippen LogP contribution in [0.2, 0.25) is 0 Å². The second-order valence-electron chi connectivity index (χ2n) is 4.10. The number of carboxylic acid groups (broad SMARTS) is 1. The molecule has 3 N–H and O–H groups in total. The zero-order chi connectivity index (χ0) is 12.2. The van der Waals surface area contributed by atoms with Crippen molar-refractivity contribution in [3.05, 3.63) is 0 Å². The molecule has 15 heavy (non-hydrogen) atoms. The molecule has 0 fully saturated rings. The van der Waals surface area contributed by atoms with Crippen LogP contribution in [0.25, 0.3) is 0 Å². The fourth-order valence-corrected chi connectivity index (χ4v) is 0.976. The summed E-state index contributed by atoms with van der Waals surface area (Å²) in [5.41, 5.74) is 0. The quantitative estimate of drug-likeness (QED) is 0.615. The van der Waals surface area contributed by atoms with Gasteiger partial charge in [0.1, 0.15) is 0 Å². The third-order valence-corrected chi connectivity index (χ3v) is 2.46. The fourth-order valence-electron chi connectivity index (χ4n) is 0.976. The number of amides is 1. The van der Waals surface area contributed by atoms with Gasteiger partial charge in [0.25, 0.3) is 0 Å². The molecule has 0 spiro atoms. The lowest BCUT2D eigenvalue weighted by atomic mass is 9.96. The van der Waals surface area contributed by atoms with E-state index in [4.69, 9.17) is 10.2 Å². The molecule has 1 amide bonds. The number of nitrogens with one attached hydrogen (secondary N) is 1. The van der Waals surface area contributed by atoms with Crippen molar-refractivity contribution in [1.82, 2.24) is 5.32 Å². The maximum Gasteiger partial charge on any atom is 0.328 e. The van der Waals surface area contributed by atoms with E-state index in [1.54, 1.807) is 6.92 Å². The third kappa shape index (κ3) is 4.29. The van der Waals surface area contributed by atoms with Crippen LogP contribution in [0.15, 0.2) is 0 Å². The van der Waals surface area contributed by atoms with E-state index in [1.165, 1.54) is 6.92 Å². The van der Waals surface area contributed by atoms with E-state index in [0.717, 1.165) is 0 Å². The summed E-state index contributed by atoms with van der Waals surface area (Å²) in [7, 11) is 0. The second kappa shape index (κ2) is 5.70. The molecule has 0 aromatic heterocycles. The Morgan fingerprint density at radius 2 is 1.60 bits per heavy atom. The Morgan fingerprint density at radius 1 is 1.13 bits per heavy atom. The molecule has 3 unspecified atom stereocenters. The van der Waals surface area contributed by atoms with Crippen LogP contribution < -0.4 is 5.32 Å². The standard InChI is InChI=1S/C10H19NO4/c1-5(2)6(3)9(13)11-8(7(4)12)10(14)15/h5-8,12H,1-4H3,(H,11,13)(H,14,15). The Kier molecular flexibility index (Phi) is 5.28. The Bertz CT molecular complexity index is 238. The Balaban J connectivity index is 4.43. The monoisotopic (exact) mass is 217 g/mol. The van der Waals surface area contributed by atoms with Crippen molar-refractivity contribution in [2.24, 2.45) is 11.8 Å². The van der Waals surface area contributed by atoms with Gasteiger partial charge in [0, 0.05) is 5.92 Å². The molecule has 0 heterocycles. The zero-order valence-corrected chi connectivity index (χ0v) is 9.52. The minimum absolute atomic E-state index is 0.133. The fraction of sp³-hybridized carbons (Fsp3) is 0.800. The van der Waals surface area contributed by atoms with Gasteiger partial charge in [-0.2, -0.15) is 0 Å². The molecule has 0 saturated carbocycles. The SMILES string of the molecule is CC(C)C(C)C(=O)NC(C(=O)O)C(C)O. The van der Waals surface area contributed by atoms with E-state index >= 15 is 0 Å². The highest BCUT2D eigenvalue weighted by Crippen LogP contribution is 2.10. The Labute approximate surface area is 89.5 Å². The summed E-state index contributed by atoms with van der Waals surface area (Å²) in [6.07, 6.45) is -1.11. The zero-order valence-electron chi connectivity index (χ0n) is 9.52. The Hall–Kier alpha value is -1.10. The molecule has 0 aliphatic carbocycles. The van der Waals surface area contributed by atoms with Crippen LogP contribution in [-0.2, 0) is 9.59 Å². The van der Waals surface area contributed by atoms with Gasteiger partial charge in [0.15, 0.2) is 6.04 Å². The number of hydrogen-bond donors (Lipinski definition) is 3. The number of carboxylic acids is 1. The van der Waals surface area contributed by atoms with Gasteiger partial charge >= 0.3 is 5.97 Å². The van der Waals surface area contributed by atoms with Gasteiger partial charge in [-0.15, -0.1) is 0 Å². The first-order chi connectivity index (χ1) is 6.77. The number of rotatable bonds is 5. The minimum atomic E-state index is -1.24. The van der Waals surface area contributed by atoms with Gasteiger partial charge in [0.2, 0.25) is 5.91 Å². The van der Waals surface area contributed by atoms with Crippen molar-refractivity contribution in [3.63, 3.8) is 0 Å². The molecule has 0 rings (SSSR count). The molecule has 0 saturated heterocycles. The number of carbonyl (C=O) groups excluding carboxylic acids is 1. The molecule has 88 valence electrons. The lowest BCUT2D eigenvalue weighted by Gasteiger charge is -2.21. The molecular weight excluding hydrogens is 198 g/mol. The molecule has 0 aromatic carbocycles. The highest BCUT2D eigenvalue weighted by atomic mass is 16.4. The molecule has 0 aliphatic heterocycles. The highest BCUT2D eigenvalue weighted by molar-refractivity contribution is 5.85. The molecule has 5 nitrogen and oxygen atoms in total. The van der Waals surface area contributed by atoms with Crippen LogP contribution in [0.3, 0.4) is 0 Å². The van der Waals surface area contributed by atoms with Gasteiger partial charge in [-0.1, -0.05) is 20.8 Å². The van der Waals surface area contributed by atoms with Gasteiger partial charge in [-0.25, -0.2) is 4.79 Å². The maximum absolute atomic E-state index is 11.5. The summed E-state index contributed by atoms with van der Waals surface area (Å²) in [4.78, 5) is 22.2. The van der Waals surface area contributed by atoms with Gasteiger partial charge in [0.05, 0.1) is 6.10 Å². The molecule has 0 bridgehead atoms. The summed E-state index contributed by atoms with van der Waals surface area (Å²) in [6, 6.07) is -1.24. The number of aliphatic hydroxyl groups is 1. The van der Waals surface area contributed by atoms with Crippen LogP contribution in [0.4, 0.5) is 0 Å². The van der Waals surface area contributed by atoms with E-state index in [9.17, 15) is 9.59 Å². The van der Waals surface area contributed by atoms with E-state index in [1.807, 2.05) is 13.8 Å². The topological polar surface area (TPSA) is 86.6 Å². The predicted octanol–water partition coefficient (Wildman–Crippen LogP) is 0.229. The molecule has 3 atom stereocenters. The van der Waals surface area contributed by atoms with Gasteiger partial charge in [-0.05, 0) is 12.8 Å². The van der Waals surface area contributed by atoms with Crippen LogP contribution in [0, 0.1) is 11.8 Å². The van der Waals surface area contributed by atoms with Gasteiger partial charge in [-0.3, -0.25) is 4.79 Å². The number of aliphatic hydroxyl groups excluding tert-OH is 1. The lowest BCUT2D eigenvalue weighted by Crippen LogP contribution is -2.49. The first-order valence-electron chi connectivity index (χ1n) is 4.98. The third-order valence-electron chi connectivity index (χ3n) is 2.46. The molecule has 0 radical (unpaired) electrons. The number of carbonyl (C=O) groups is 2. The van der Waals surface area contributed by atoms with Crippen molar-refractivity contribution in [2.75, 3.05) is 0 Å². The summed E-state index contributed by atoms with van der Waals surface area (Å²) in [5, 5.41) is 20.2. The summed E-state index contributed by atoms with van der Waals surface area (Å²) < 4.78 is 0. The molecular formula is C10H19NO4. The van der Waals surface area contributed by atoms with Crippen molar-refractivity contribution in [1.29, 1.82) is 0 Å². The van der Waals surface area contributed by atoms with E-state index in [0.29, 0.717) is 0 Å². The summed E-state index contributed by atoms with van der Waals surface area (Å²) in [5.74, 6) is -1.72. The smallest absolute Gasteiger partial charge is 0.328 e. The molecule has 0 aliphatic rings. The van der Waals surface area contributed by atoms with Crippen molar-refractivity contribution >= 4 is 11.9 Å². The predicted molar refractivity (Wildman–Crippen MR) is 55.2 cm³/mol. The van der Waals surface area contributed by atoms with Crippen molar-refractivity contribution in [2.45, 2.75) is 39.8 Å². The lowest BCUT2D eigenvalue weighted by molar-refractivity contribution is -0.145. The Morgan fingerprint density at radius 3 is 1.87 bits per heavy atom. The van der Waals surface area contributed by atoms with Crippen LogP contribution in [0.5, 0.6) is 0 Å². The second-order valence-corrected chi connectivity index (χ2v) is 4.10. The average molecular weight is 217 g/mol. The van der Waals surface area contributed by atoms with E-state index < -0.39 is 18.1 Å². The molecule has 0 aromatic rings. The van der Waals surface area contributed by atoms with Crippen molar-refractivity contribution < 1.29 is 19.8 Å². The summed E-state index contributed by atoms with van der Waals surface area (Å²) in [6.45, 7) is 6.81. The highest BCUT2D eigenvalue weighted by Gasteiger charge is 2.27. The van der Waals surface area contributed by atoms with Gasteiger partial charge < -0.3 is 15.5 Å². The van der Waals surface area contributed by atoms with Crippen LogP contribution in [0.1, 0.15) is 27.7 Å². The largest absolute Gasteiger partial charge is 0.480 e. The number of aliphatic carboxylic acids is 1. The molecule has 5 heteroatoms. The van der Waals surface area contributed by atoms with E-state index in [2.05, 4.69) is 5.32 Å².